The van der Waals surface area contributed by atoms with E-state index in [0.717, 1.165) is 11.5 Å². The van der Waals surface area contributed by atoms with Gasteiger partial charge < -0.3 is 18.9 Å². The zero-order valence-corrected chi connectivity index (χ0v) is 19.2. The maximum Gasteiger partial charge on any atom is 0.268 e. The summed E-state index contributed by atoms with van der Waals surface area (Å²) in [6.45, 7) is 0.688. The summed E-state index contributed by atoms with van der Waals surface area (Å²) in [5.41, 5.74) is 0.571. The summed E-state index contributed by atoms with van der Waals surface area (Å²) in [5.74, 6) is 3.90. The van der Waals surface area contributed by atoms with Gasteiger partial charge in [0.25, 0.3) is 5.56 Å². The highest BCUT2D eigenvalue weighted by atomic mass is 32.2. The number of rotatable bonds is 9. The molecule has 1 aromatic carbocycles. The van der Waals surface area contributed by atoms with E-state index in [2.05, 4.69) is 20.2 Å². The van der Waals surface area contributed by atoms with Crippen molar-refractivity contribution in [2.45, 2.75) is 24.1 Å². The molecule has 0 aliphatic heterocycles. The average Bonchev–Trinajstić information content (AvgIpc) is 3.59. The number of H-pyrrole nitrogens is 1. The summed E-state index contributed by atoms with van der Waals surface area (Å²) < 4.78 is 19.2. The second-order valence-corrected chi connectivity index (χ2v) is 8.82. The third kappa shape index (κ3) is 4.78. The molecule has 33 heavy (non-hydrogen) atoms. The van der Waals surface area contributed by atoms with Gasteiger partial charge in [0.15, 0.2) is 11.0 Å². The lowest BCUT2D eigenvalue weighted by Crippen LogP contribution is -2.11. The Bertz CT molecular complexity index is 1410. The fourth-order valence-electron chi connectivity index (χ4n) is 3.19. The van der Waals surface area contributed by atoms with Crippen molar-refractivity contribution in [1.82, 2.24) is 24.7 Å². The summed E-state index contributed by atoms with van der Waals surface area (Å²) in [5, 5.41) is 11.2. The van der Waals surface area contributed by atoms with Crippen molar-refractivity contribution in [2.75, 3.05) is 7.11 Å². The summed E-state index contributed by atoms with van der Waals surface area (Å²) in [4.78, 5) is 19.6. The summed E-state index contributed by atoms with van der Waals surface area (Å²) >= 11 is 2.82. The maximum absolute atomic E-state index is 12.3. The molecule has 0 atom stereocenters. The van der Waals surface area contributed by atoms with Crippen LogP contribution in [0.3, 0.4) is 0 Å². The van der Waals surface area contributed by atoms with Gasteiger partial charge in [0.1, 0.15) is 34.4 Å². The molecule has 0 aliphatic rings. The SMILES string of the molecule is COc1ccc(OCc2nnc(SCc3nc4ccsc4c(=O)[nH]3)n2Cc2ccco2)cc1. The largest absolute Gasteiger partial charge is 0.497 e. The van der Waals surface area contributed by atoms with E-state index in [1.165, 1.54) is 23.1 Å². The molecule has 168 valence electrons. The van der Waals surface area contributed by atoms with Crippen LogP contribution in [0.2, 0.25) is 0 Å². The molecule has 0 aliphatic carbocycles. The molecule has 0 saturated carbocycles. The van der Waals surface area contributed by atoms with Crippen molar-refractivity contribution >= 4 is 33.3 Å². The van der Waals surface area contributed by atoms with E-state index < -0.39 is 0 Å². The van der Waals surface area contributed by atoms with Crippen LogP contribution >= 0.6 is 23.1 Å². The Hall–Kier alpha value is -3.57. The van der Waals surface area contributed by atoms with Crippen LogP contribution in [0.4, 0.5) is 0 Å². The van der Waals surface area contributed by atoms with Gasteiger partial charge in [0.05, 0.1) is 31.2 Å². The van der Waals surface area contributed by atoms with Crippen molar-refractivity contribution in [3.63, 3.8) is 0 Å². The fraction of sp³-hybridized carbons (Fsp3) is 0.182. The number of thiophene rings is 1. The molecule has 1 N–H and O–H groups in total. The number of benzene rings is 1. The van der Waals surface area contributed by atoms with Crippen molar-refractivity contribution in [1.29, 1.82) is 0 Å². The lowest BCUT2D eigenvalue weighted by Gasteiger charge is -2.10. The third-order valence-electron chi connectivity index (χ3n) is 4.82. The highest BCUT2D eigenvalue weighted by molar-refractivity contribution is 7.98. The number of methoxy groups -OCH3 is 1. The van der Waals surface area contributed by atoms with Crippen molar-refractivity contribution < 1.29 is 13.9 Å². The van der Waals surface area contributed by atoms with Crippen LogP contribution in [-0.2, 0) is 18.9 Å². The minimum atomic E-state index is -0.128. The Morgan fingerprint density at radius 3 is 2.79 bits per heavy atom. The molecule has 4 heterocycles. The minimum Gasteiger partial charge on any atom is -0.497 e. The maximum atomic E-state index is 12.3. The van der Waals surface area contributed by atoms with E-state index in [-0.39, 0.29) is 12.2 Å². The predicted octanol–water partition coefficient (Wildman–Crippen LogP) is 4.10. The lowest BCUT2D eigenvalue weighted by atomic mass is 10.3. The first-order valence-electron chi connectivity index (χ1n) is 10.00. The normalized spacial score (nSPS) is 11.2. The smallest absolute Gasteiger partial charge is 0.268 e. The number of aromatic amines is 1. The quantitative estimate of drug-likeness (QED) is 0.314. The molecular weight excluding hydrogens is 462 g/mol. The summed E-state index contributed by atoms with van der Waals surface area (Å²) in [6, 6.07) is 12.9. The van der Waals surface area contributed by atoms with E-state index >= 15 is 0 Å². The lowest BCUT2D eigenvalue weighted by molar-refractivity contribution is 0.287. The number of hydrogen-bond donors (Lipinski definition) is 1. The molecule has 11 heteroatoms. The first kappa shape index (κ1) is 21.3. The van der Waals surface area contributed by atoms with E-state index in [9.17, 15) is 4.79 Å². The minimum absolute atomic E-state index is 0.128. The second kappa shape index (κ2) is 9.51. The number of aromatic nitrogens is 5. The van der Waals surface area contributed by atoms with Gasteiger partial charge in [-0.05, 0) is 47.8 Å². The number of nitrogens with zero attached hydrogens (tertiary/aromatic N) is 4. The molecule has 0 radical (unpaired) electrons. The second-order valence-electron chi connectivity index (χ2n) is 6.96. The van der Waals surface area contributed by atoms with Crippen LogP contribution in [0.5, 0.6) is 11.5 Å². The number of ether oxygens (including phenoxy) is 2. The number of fused-ring (bicyclic) bond motifs is 1. The predicted molar refractivity (Wildman–Crippen MR) is 125 cm³/mol. The van der Waals surface area contributed by atoms with Crippen LogP contribution in [0.1, 0.15) is 17.4 Å². The molecular formula is C22H19N5O4S2. The molecule has 5 rings (SSSR count). The Kier molecular flexibility index (Phi) is 6.13. The fourth-order valence-corrected chi connectivity index (χ4v) is 4.74. The Morgan fingerprint density at radius 2 is 2.00 bits per heavy atom. The summed E-state index contributed by atoms with van der Waals surface area (Å²) in [7, 11) is 1.62. The van der Waals surface area contributed by atoms with E-state index in [1.807, 2.05) is 52.4 Å². The summed E-state index contributed by atoms with van der Waals surface area (Å²) in [6.07, 6.45) is 1.63. The zero-order chi connectivity index (χ0) is 22.6. The molecule has 0 saturated heterocycles. The molecule has 0 amide bonds. The van der Waals surface area contributed by atoms with Gasteiger partial charge >= 0.3 is 0 Å². The monoisotopic (exact) mass is 481 g/mol. The van der Waals surface area contributed by atoms with Gasteiger partial charge in [-0.15, -0.1) is 21.5 Å². The Balaban J connectivity index is 1.35. The molecule has 0 spiro atoms. The molecule has 5 aromatic rings. The highest BCUT2D eigenvalue weighted by Gasteiger charge is 2.16. The first-order valence-corrected chi connectivity index (χ1v) is 11.9. The third-order valence-corrected chi connectivity index (χ3v) is 6.70. The standard InChI is InChI=1S/C22H19N5O4S2/c1-29-14-4-6-15(7-5-14)31-12-19-25-26-22(27(19)11-16-3-2-9-30-16)33-13-18-23-17-8-10-32-20(17)21(28)24-18/h2-10H,11-13H2,1H3,(H,23,24,28). The van der Waals surface area contributed by atoms with Gasteiger partial charge in [-0.1, -0.05) is 11.8 Å². The molecule has 9 nitrogen and oxygen atoms in total. The van der Waals surface area contributed by atoms with Crippen LogP contribution in [0.25, 0.3) is 10.2 Å². The number of thioether (sulfide) groups is 1. The van der Waals surface area contributed by atoms with E-state index in [1.54, 1.807) is 13.4 Å². The van der Waals surface area contributed by atoms with Crippen LogP contribution in [-0.4, -0.2) is 31.8 Å². The van der Waals surface area contributed by atoms with Gasteiger partial charge in [0.2, 0.25) is 0 Å². The molecule has 0 unspecified atom stereocenters. The zero-order valence-electron chi connectivity index (χ0n) is 17.6. The highest BCUT2D eigenvalue weighted by Crippen LogP contribution is 2.24. The topological polar surface area (TPSA) is 108 Å². The average molecular weight is 482 g/mol. The first-order chi connectivity index (χ1) is 16.2. The van der Waals surface area contributed by atoms with Crippen molar-refractivity contribution in [2.24, 2.45) is 0 Å². The van der Waals surface area contributed by atoms with Crippen LogP contribution in [0, 0.1) is 0 Å². The van der Waals surface area contributed by atoms with E-state index in [0.29, 0.717) is 45.1 Å². The van der Waals surface area contributed by atoms with Gasteiger partial charge in [0, 0.05) is 0 Å². The van der Waals surface area contributed by atoms with Gasteiger partial charge in [-0.2, -0.15) is 0 Å². The number of furan rings is 1. The van der Waals surface area contributed by atoms with Gasteiger partial charge in [-0.3, -0.25) is 9.36 Å². The van der Waals surface area contributed by atoms with Crippen LogP contribution in [0.15, 0.2) is 68.5 Å². The molecule has 0 fully saturated rings. The molecule has 0 bridgehead atoms. The number of hydrogen-bond acceptors (Lipinski definition) is 9. The molecule has 4 aromatic heterocycles. The van der Waals surface area contributed by atoms with Gasteiger partial charge in [-0.25, -0.2) is 4.98 Å². The van der Waals surface area contributed by atoms with Crippen LogP contribution < -0.4 is 15.0 Å². The Labute approximate surface area is 196 Å². The Morgan fingerprint density at radius 1 is 1.15 bits per heavy atom. The van der Waals surface area contributed by atoms with Crippen molar-refractivity contribution in [3.05, 3.63) is 81.9 Å². The van der Waals surface area contributed by atoms with E-state index in [4.69, 9.17) is 13.9 Å². The van der Waals surface area contributed by atoms with Crippen molar-refractivity contribution in [3.8, 4) is 11.5 Å². The number of nitrogens with one attached hydrogen (secondary N) is 1.